The first-order valence-electron chi connectivity index (χ1n) is 6.56. The summed E-state index contributed by atoms with van der Waals surface area (Å²) in [5.74, 6) is 0. The first-order chi connectivity index (χ1) is 11.6. The van der Waals surface area contributed by atoms with Gasteiger partial charge in [-0.25, -0.2) is 0 Å². The molecule has 0 aliphatic rings. The van der Waals surface area contributed by atoms with Gasteiger partial charge in [0, 0.05) is 14.1 Å². The van der Waals surface area contributed by atoms with Gasteiger partial charge in [0.1, 0.15) is 37.5 Å². The smallest absolute Gasteiger partial charge is 0.298 e. The molecule has 2 rings (SSSR count). The monoisotopic (exact) mass is 322 g/mol. The maximum absolute atomic E-state index is 8.96. The fraction of sp³-hybridized carbons (Fsp3) is 0.286. The van der Waals surface area contributed by atoms with E-state index in [9.17, 15) is 0 Å². The minimum Gasteiger partial charge on any atom is -0.461 e. The summed E-state index contributed by atoms with van der Waals surface area (Å²) in [6.07, 6.45) is 0. The van der Waals surface area contributed by atoms with E-state index >= 15 is 0 Å². The molecule has 0 fully saturated rings. The van der Waals surface area contributed by atoms with Crippen molar-refractivity contribution in [2.24, 2.45) is 14.1 Å². The molecule has 10 heteroatoms. The second kappa shape index (κ2) is 6.83. The molecule has 0 atom stereocenters. The Morgan fingerprint density at radius 3 is 1.38 bits per heavy atom. The van der Waals surface area contributed by atoms with Gasteiger partial charge in [0.15, 0.2) is 22.8 Å². The number of nitrogens with zero attached hydrogens (tertiary/aromatic N) is 8. The summed E-state index contributed by atoms with van der Waals surface area (Å²) >= 11 is 0. The Balaban J connectivity index is 2.01. The van der Waals surface area contributed by atoms with Crippen LogP contribution in [0.2, 0.25) is 0 Å². The fourth-order valence-electron chi connectivity index (χ4n) is 1.89. The number of rotatable bonds is 5. The van der Waals surface area contributed by atoms with Crippen LogP contribution in [0.25, 0.3) is 0 Å². The molecule has 24 heavy (non-hydrogen) atoms. The van der Waals surface area contributed by atoms with Crippen LogP contribution >= 0.6 is 0 Å². The van der Waals surface area contributed by atoms with Crippen LogP contribution in [0.3, 0.4) is 0 Å². The van der Waals surface area contributed by atoms with Crippen molar-refractivity contribution in [3.63, 3.8) is 0 Å². The molecular weight excluding hydrogens is 312 g/mol. The summed E-state index contributed by atoms with van der Waals surface area (Å²) < 4.78 is 13.5. The summed E-state index contributed by atoms with van der Waals surface area (Å²) in [6.45, 7) is 0.133. The molecule has 10 nitrogen and oxygen atoms in total. The molecule has 0 N–H and O–H groups in total. The summed E-state index contributed by atoms with van der Waals surface area (Å²) in [6, 6.07) is 7.60. The Morgan fingerprint density at radius 2 is 1.12 bits per heavy atom. The second-order valence-corrected chi connectivity index (χ2v) is 4.45. The Kier molecular flexibility index (Phi) is 4.65. The van der Waals surface area contributed by atoms with Crippen molar-refractivity contribution in [3.8, 4) is 36.3 Å². The molecular formula is C14H10N8O2. The summed E-state index contributed by atoms with van der Waals surface area (Å²) in [4.78, 5) is 7.80. The average Bonchev–Trinajstić information content (AvgIpc) is 3.07. The molecule has 118 valence electrons. The lowest BCUT2D eigenvalue weighted by Crippen LogP contribution is -2.13. The molecule has 0 saturated heterocycles. The zero-order valence-electron chi connectivity index (χ0n) is 12.8. The van der Waals surface area contributed by atoms with Gasteiger partial charge >= 0.3 is 0 Å². The average molecular weight is 322 g/mol. The molecule has 2 aromatic rings. The minimum absolute atomic E-state index is 0.0163. The topological polar surface area (TPSA) is 149 Å². The normalized spacial score (nSPS) is 9.42. The van der Waals surface area contributed by atoms with Gasteiger partial charge < -0.3 is 9.47 Å². The van der Waals surface area contributed by atoms with Crippen LogP contribution in [0, 0.1) is 45.3 Å². The van der Waals surface area contributed by atoms with Crippen LogP contribution in [0.5, 0.6) is 12.0 Å². The van der Waals surface area contributed by atoms with E-state index in [-0.39, 0.29) is 48.0 Å². The largest absolute Gasteiger partial charge is 0.461 e. The molecule has 2 aromatic heterocycles. The predicted molar refractivity (Wildman–Crippen MR) is 76.3 cm³/mol. The lowest BCUT2D eigenvalue weighted by molar-refractivity contribution is 0.189. The molecule has 2 heterocycles. The molecule has 0 aliphatic carbocycles. The Morgan fingerprint density at radius 1 is 0.750 bits per heavy atom. The van der Waals surface area contributed by atoms with Crippen molar-refractivity contribution >= 4 is 0 Å². The predicted octanol–water partition coefficient (Wildman–Crippen LogP) is 0.0981. The van der Waals surface area contributed by atoms with Crippen LogP contribution in [0.1, 0.15) is 22.8 Å². The van der Waals surface area contributed by atoms with Crippen LogP contribution in [0.15, 0.2) is 0 Å². The Labute approximate surface area is 136 Å². The third-order valence-corrected chi connectivity index (χ3v) is 3.08. The summed E-state index contributed by atoms with van der Waals surface area (Å²) in [5, 5.41) is 35.7. The van der Waals surface area contributed by atoms with E-state index in [2.05, 4.69) is 9.97 Å². The van der Waals surface area contributed by atoms with E-state index in [1.165, 1.54) is 9.13 Å². The van der Waals surface area contributed by atoms with Gasteiger partial charge in [0.05, 0.1) is 0 Å². The first kappa shape index (κ1) is 16.4. The quantitative estimate of drug-likeness (QED) is 0.703. The highest BCUT2D eigenvalue weighted by molar-refractivity contribution is 5.40. The van der Waals surface area contributed by atoms with Crippen LogP contribution in [-0.4, -0.2) is 32.3 Å². The third kappa shape index (κ3) is 2.81. The Bertz CT molecular complexity index is 864. The third-order valence-electron chi connectivity index (χ3n) is 3.08. The van der Waals surface area contributed by atoms with Gasteiger partial charge in [-0.1, -0.05) is 0 Å². The van der Waals surface area contributed by atoms with Crippen molar-refractivity contribution in [2.75, 3.05) is 13.2 Å². The van der Waals surface area contributed by atoms with E-state index in [0.29, 0.717) is 0 Å². The van der Waals surface area contributed by atoms with Gasteiger partial charge in [-0.3, -0.25) is 9.13 Å². The lowest BCUT2D eigenvalue weighted by Gasteiger charge is -2.07. The zero-order chi connectivity index (χ0) is 17.7. The molecule has 0 bridgehead atoms. The van der Waals surface area contributed by atoms with E-state index < -0.39 is 0 Å². The molecule has 0 saturated carbocycles. The highest BCUT2D eigenvalue weighted by Gasteiger charge is 2.17. The van der Waals surface area contributed by atoms with Crippen LogP contribution < -0.4 is 9.47 Å². The second-order valence-electron chi connectivity index (χ2n) is 4.45. The SMILES string of the molecule is Cn1c(OCCOc2nc(C#N)c(C#N)n2C)nc(C#N)c1C#N. The number of ether oxygens (including phenoxy) is 2. The highest BCUT2D eigenvalue weighted by atomic mass is 16.5. The van der Waals surface area contributed by atoms with Crippen molar-refractivity contribution < 1.29 is 9.47 Å². The first-order valence-corrected chi connectivity index (χ1v) is 6.56. The summed E-state index contributed by atoms with van der Waals surface area (Å²) in [5.41, 5.74) is 0.180. The van der Waals surface area contributed by atoms with Crippen LogP contribution in [0.4, 0.5) is 0 Å². The lowest BCUT2D eigenvalue weighted by atomic mass is 10.4. The Hall–Kier alpha value is -4.02. The van der Waals surface area contributed by atoms with E-state index in [4.69, 9.17) is 30.5 Å². The molecule has 0 spiro atoms. The molecule has 0 radical (unpaired) electrons. The van der Waals surface area contributed by atoms with Gasteiger partial charge in [0.25, 0.3) is 12.0 Å². The molecule has 0 amide bonds. The molecule has 0 aromatic carbocycles. The van der Waals surface area contributed by atoms with E-state index in [1.807, 2.05) is 24.3 Å². The maximum Gasteiger partial charge on any atom is 0.298 e. The number of nitriles is 4. The fourth-order valence-corrected chi connectivity index (χ4v) is 1.89. The number of hydrogen-bond donors (Lipinski definition) is 0. The summed E-state index contributed by atoms with van der Waals surface area (Å²) in [7, 11) is 3.11. The van der Waals surface area contributed by atoms with Gasteiger partial charge in [-0.05, 0) is 0 Å². The van der Waals surface area contributed by atoms with Crippen LogP contribution in [-0.2, 0) is 14.1 Å². The highest BCUT2D eigenvalue weighted by Crippen LogP contribution is 2.16. The van der Waals surface area contributed by atoms with Gasteiger partial charge in [-0.15, -0.1) is 0 Å². The number of imidazole rings is 2. The number of aromatic nitrogens is 4. The van der Waals surface area contributed by atoms with Gasteiger partial charge in [-0.2, -0.15) is 31.0 Å². The minimum atomic E-state index is -0.0163. The maximum atomic E-state index is 8.96. The van der Waals surface area contributed by atoms with Crippen molar-refractivity contribution in [2.45, 2.75) is 0 Å². The van der Waals surface area contributed by atoms with Crippen molar-refractivity contribution in [3.05, 3.63) is 22.8 Å². The molecule has 0 aliphatic heterocycles. The van der Waals surface area contributed by atoms with Crippen molar-refractivity contribution in [1.29, 1.82) is 21.0 Å². The standard InChI is InChI=1S/C14H10N8O2/c1-21-11(7-17)9(5-15)19-13(21)23-3-4-24-14-20-10(6-16)12(8-18)22(14)2/h3-4H2,1-2H3. The van der Waals surface area contributed by atoms with E-state index in [1.54, 1.807) is 14.1 Å². The van der Waals surface area contributed by atoms with Gasteiger partial charge in [0.2, 0.25) is 0 Å². The number of hydrogen-bond acceptors (Lipinski definition) is 8. The molecule has 0 unspecified atom stereocenters. The zero-order valence-corrected chi connectivity index (χ0v) is 12.8. The van der Waals surface area contributed by atoms with Crippen molar-refractivity contribution in [1.82, 2.24) is 19.1 Å². The van der Waals surface area contributed by atoms with E-state index in [0.717, 1.165) is 0 Å².